The number of nitrogens with one attached hydrogen (secondary N) is 3. The Morgan fingerprint density at radius 2 is 2.09 bits per heavy atom. The van der Waals surface area contributed by atoms with Gasteiger partial charge in [-0.05, 0) is 26.0 Å². The lowest BCUT2D eigenvalue weighted by Crippen LogP contribution is -2.42. The van der Waals surface area contributed by atoms with E-state index in [0.29, 0.717) is 17.5 Å². The van der Waals surface area contributed by atoms with E-state index >= 15 is 0 Å². The molecule has 0 bridgehead atoms. The molecule has 3 amide bonds. The third-order valence-electron chi connectivity index (χ3n) is 2.64. The zero-order valence-electron chi connectivity index (χ0n) is 12.2. The highest BCUT2D eigenvalue weighted by Gasteiger charge is 2.19. The minimum atomic E-state index is -0.507. The Morgan fingerprint density at radius 1 is 1.36 bits per heavy atom. The smallest absolute Gasteiger partial charge is 0.321 e. The maximum Gasteiger partial charge on any atom is 0.321 e. The molecule has 0 saturated heterocycles. The van der Waals surface area contributed by atoms with Crippen LogP contribution in [0, 0.1) is 0 Å². The molecule has 0 aliphatic heterocycles. The molecule has 2 aromatic heterocycles. The number of thioether (sulfide) groups is 1. The lowest BCUT2D eigenvalue weighted by molar-refractivity contribution is -0.119. The third-order valence-corrected chi connectivity index (χ3v) is 3.61. The van der Waals surface area contributed by atoms with E-state index in [-0.39, 0.29) is 0 Å². The van der Waals surface area contributed by atoms with Gasteiger partial charge in [0.25, 0.3) is 0 Å². The summed E-state index contributed by atoms with van der Waals surface area (Å²) in [5, 5.41) is 11.6. The lowest BCUT2D eigenvalue weighted by atomic mass is 10.3. The van der Waals surface area contributed by atoms with Gasteiger partial charge < -0.3 is 5.32 Å². The first kappa shape index (κ1) is 16.0. The van der Waals surface area contributed by atoms with Crippen molar-refractivity contribution in [2.24, 2.45) is 0 Å². The molecule has 3 N–H and O–H groups in total. The molecule has 2 rings (SSSR count). The highest BCUT2D eigenvalue weighted by molar-refractivity contribution is 8.00. The number of urea groups is 1. The standard InChI is InChI=1S/C13H16N6O2S/c1-3-15-12(21)17-11(20)8(2)22-13-16-10(18-19-13)9-4-6-14-7-5-9/h4-8H,3H2,1-2H3,(H,16,18,19)(H2,15,17,20,21). The Kier molecular flexibility index (Phi) is 5.48. The van der Waals surface area contributed by atoms with Crippen molar-refractivity contribution in [3.8, 4) is 11.4 Å². The van der Waals surface area contributed by atoms with Crippen molar-refractivity contribution in [3.63, 3.8) is 0 Å². The SMILES string of the molecule is CCNC(=O)NC(=O)C(C)Sc1n[nH]c(-c2ccncc2)n1. The second kappa shape index (κ2) is 7.55. The lowest BCUT2D eigenvalue weighted by Gasteiger charge is -2.09. The summed E-state index contributed by atoms with van der Waals surface area (Å²) < 4.78 is 0. The Balaban J connectivity index is 1.95. The first-order chi connectivity index (χ1) is 10.6. The summed E-state index contributed by atoms with van der Waals surface area (Å²) >= 11 is 1.17. The van der Waals surface area contributed by atoms with Crippen molar-refractivity contribution in [3.05, 3.63) is 24.5 Å². The number of pyridine rings is 1. The van der Waals surface area contributed by atoms with Crippen LogP contribution >= 0.6 is 11.8 Å². The second-order valence-electron chi connectivity index (χ2n) is 4.31. The van der Waals surface area contributed by atoms with E-state index in [0.717, 1.165) is 5.56 Å². The number of aromatic amines is 1. The Bertz CT molecular complexity index is 645. The van der Waals surface area contributed by atoms with Crippen LogP contribution in [0.4, 0.5) is 4.79 Å². The number of hydrogen-bond donors (Lipinski definition) is 3. The molecule has 22 heavy (non-hydrogen) atoms. The first-order valence-corrected chi connectivity index (χ1v) is 7.56. The Morgan fingerprint density at radius 3 is 2.77 bits per heavy atom. The number of imide groups is 1. The fourth-order valence-electron chi connectivity index (χ4n) is 1.57. The van der Waals surface area contributed by atoms with E-state index < -0.39 is 17.2 Å². The fraction of sp³-hybridized carbons (Fsp3) is 0.308. The van der Waals surface area contributed by atoms with Crippen molar-refractivity contribution >= 4 is 23.7 Å². The van der Waals surface area contributed by atoms with Gasteiger partial charge in [0.2, 0.25) is 11.1 Å². The number of carbonyl (C=O) groups is 2. The molecule has 8 nitrogen and oxygen atoms in total. The van der Waals surface area contributed by atoms with Crippen molar-refractivity contribution in [2.45, 2.75) is 24.3 Å². The summed E-state index contributed by atoms with van der Waals surface area (Å²) in [4.78, 5) is 31.4. The highest BCUT2D eigenvalue weighted by Crippen LogP contribution is 2.22. The van der Waals surface area contributed by atoms with Crippen LogP contribution in [-0.2, 0) is 4.79 Å². The molecule has 0 aliphatic rings. The molecule has 1 atom stereocenters. The number of carbonyl (C=O) groups excluding carboxylic acids is 2. The number of hydrogen-bond acceptors (Lipinski definition) is 6. The number of H-pyrrole nitrogens is 1. The zero-order chi connectivity index (χ0) is 15.9. The zero-order valence-corrected chi connectivity index (χ0v) is 13.0. The summed E-state index contributed by atoms with van der Waals surface area (Å²) in [6, 6.07) is 3.10. The molecule has 0 saturated carbocycles. The van der Waals surface area contributed by atoms with Crippen LogP contribution in [0.2, 0.25) is 0 Å². The largest absolute Gasteiger partial charge is 0.338 e. The monoisotopic (exact) mass is 320 g/mol. The van der Waals surface area contributed by atoms with Gasteiger partial charge in [0.05, 0.1) is 5.25 Å². The molecule has 1 unspecified atom stereocenters. The fourth-order valence-corrected chi connectivity index (χ4v) is 2.29. The summed E-state index contributed by atoms with van der Waals surface area (Å²) in [5.74, 6) is 0.201. The van der Waals surface area contributed by atoms with Gasteiger partial charge in [0.15, 0.2) is 5.82 Å². The van der Waals surface area contributed by atoms with Crippen LogP contribution in [0.15, 0.2) is 29.7 Å². The van der Waals surface area contributed by atoms with Gasteiger partial charge in [-0.2, -0.15) is 0 Å². The van der Waals surface area contributed by atoms with Crippen LogP contribution in [0.5, 0.6) is 0 Å². The Hall–Kier alpha value is -2.42. The summed E-state index contributed by atoms with van der Waals surface area (Å²) in [6.45, 7) is 3.91. The quantitative estimate of drug-likeness (QED) is 0.713. The summed E-state index contributed by atoms with van der Waals surface area (Å²) in [6.07, 6.45) is 3.32. The van der Waals surface area contributed by atoms with Gasteiger partial charge in [0, 0.05) is 24.5 Å². The van der Waals surface area contributed by atoms with Crippen molar-refractivity contribution in [1.29, 1.82) is 0 Å². The molecule has 0 fully saturated rings. The maximum atomic E-state index is 11.8. The molecule has 0 radical (unpaired) electrons. The molecule has 2 aromatic rings. The van der Waals surface area contributed by atoms with Crippen molar-refractivity contribution < 1.29 is 9.59 Å². The van der Waals surface area contributed by atoms with E-state index in [1.807, 2.05) is 0 Å². The molecule has 0 aliphatic carbocycles. The number of nitrogens with zero attached hydrogens (tertiary/aromatic N) is 3. The van der Waals surface area contributed by atoms with E-state index in [4.69, 9.17) is 0 Å². The highest BCUT2D eigenvalue weighted by atomic mass is 32.2. The number of aromatic nitrogens is 4. The average Bonchev–Trinajstić information content (AvgIpc) is 2.96. The first-order valence-electron chi connectivity index (χ1n) is 6.68. The molecular formula is C13H16N6O2S. The second-order valence-corrected chi connectivity index (χ2v) is 5.62. The van der Waals surface area contributed by atoms with Crippen LogP contribution in [0.3, 0.4) is 0 Å². The molecular weight excluding hydrogens is 304 g/mol. The minimum Gasteiger partial charge on any atom is -0.338 e. The van der Waals surface area contributed by atoms with Crippen LogP contribution in [0.25, 0.3) is 11.4 Å². The predicted molar refractivity (Wildman–Crippen MR) is 82.1 cm³/mol. The van der Waals surface area contributed by atoms with Gasteiger partial charge in [-0.15, -0.1) is 5.10 Å². The molecule has 0 aromatic carbocycles. The number of amides is 3. The average molecular weight is 320 g/mol. The summed E-state index contributed by atoms with van der Waals surface area (Å²) in [5.41, 5.74) is 0.855. The topological polar surface area (TPSA) is 113 Å². The third kappa shape index (κ3) is 4.29. The Labute approximate surface area is 131 Å². The van der Waals surface area contributed by atoms with Gasteiger partial charge in [-0.1, -0.05) is 11.8 Å². The van der Waals surface area contributed by atoms with E-state index in [2.05, 4.69) is 30.8 Å². The van der Waals surface area contributed by atoms with Crippen LogP contribution < -0.4 is 10.6 Å². The van der Waals surface area contributed by atoms with Crippen molar-refractivity contribution in [2.75, 3.05) is 6.54 Å². The van der Waals surface area contributed by atoms with Crippen LogP contribution in [-0.4, -0.2) is 43.9 Å². The molecule has 0 spiro atoms. The molecule has 2 heterocycles. The predicted octanol–water partition coefficient (Wildman–Crippen LogP) is 1.19. The maximum absolute atomic E-state index is 11.8. The van der Waals surface area contributed by atoms with Gasteiger partial charge >= 0.3 is 6.03 Å². The van der Waals surface area contributed by atoms with Gasteiger partial charge in [-0.25, -0.2) is 9.78 Å². The number of rotatable bonds is 5. The van der Waals surface area contributed by atoms with E-state index in [1.54, 1.807) is 38.4 Å². The van der Waals surface area contributed by atoms with Crippen molar-refractivity contribution in [1.82, 2.24) is 30.8 Å². The van der Waals surface area contributed by atoms with Gasteiger partial charge in [0.1, 0.15) is 0 Å². The van der Waals surface area contributed by atoms with E-state index in [9.17, 15) is 9.59 Å². The summed E-state index contributed by atoms with van der Waals surface area (Å²) in [7, 11) is 0. The molecule has 9 heteroatoms. The normalized spacial score (nSPS) is 11.7. The minimum absolute atomic E-state index is 0.397. The molecule has 116 valence electrons. The van der Waals surface area contributed by atoms with Gasteiger partial charge in [-0.3, -0.25) is 20.2 Å². The van der Waals surface area contributed by atoms with E-state index in [1.165, 1.54) is 11.8 Å². The van der Waals surface area contributed by atoms with Crippen LogP contribution in [0.1, 0.15) is 13.8 Å².